The first kappa shape index (κ1) is 15.6. The van der Waals surface area contributed by atoms with E-state index < -0.39 is 17.3 Å². The first-order valence-electron chi connectivity index (χ1n) is 6.85. The molecule has 0 saturated carbocycles. The third-order valence-corrected chi connectivity index (χ3v) is 3.20. The molecule has 1 heterocycles. The molecule has 2 rings (SSSR count). The van der Waals surface area contributed by atoms with Crippen LogP contribution < -0.4 is 15.4 Å². The summed E-state index contributed by atoms with van der Waals surface area (Å²) in [4.78, 5) is 11.9. The van der Waals surface area contributed by atoms with Gasteiger partial charge >= 0.3 is 6.09 Å². The Bertz CT molecular complexity index is 533. The fraction of sp³-hybridized carbons (Fsp3) is 0.533. The van der Waals surface area contributed by atoms with E-state index >= 15 is 0 Å². The number of nitrogens with one attached hydrogen (secondary N) is 2. The minimum atomic E-state index is -0.976. The van der Waals surface area contributed by atoms with Crippen molar-refractivity contribution in [2.24, 2.45) is 0 Å². The van der Waals surface area contributed by atoms with E-state index in [0.29, 0.717) is 30.1 Å². The molecule has 0 spiro atoms. The predicted molar refractivity (Wildman–Crippen MR) is 79.6 cm³/mol. The molecule has 1 aromatic rings. The van der Waals surface area contributed by atoms with Gasteiger partial charge in [0.15, 0.2) is 0 Å². The van der Waals surface area contributed by atoms with Gasteiger partial charge in [0.2, 0.25) is 0 Å². The molecule has 1 saturated heterocycles. The lowest BCUT2D eigenvalue weighted by Crippen LogP contribution is -2.57. The molecule has 6 nitrogen and oxygen atoms in total. The van der Waals surface area contributed by atoms with E-state index in [4.69, 9.17) is 9.47 Å². The standard InChI is InChI=1S/C15H22N2O4/c1-14(2,3)21-13(18)17-12-7-10(20-4)5-6-11(12)15(19)8-16-9-15/h5-7,16,19H,8-9H2,1-4H3,(H,17,18). The van der Waals surface area contributed by atoms with Crippen molar-refractivity contribution in [3.05, 3.63) is 23.8 Å². The van der Waals surface area contributed by atoms with E-state index in [1.165, 1.54) is 0 Å². The van der Waals surface area contributed by atoms with Crippen LogP contribution in [0.2, 0.25) is 0 Å². The van der Waals surface area contributed by atoms with Gasteiger partial charge in [-0.05, 0) is 26.8 Å². The van der Waals surface area contributed by atoms with Gasteiger partial charge in [-0.3, -0.25) is 5.32 Å². The van der Waals surface area contributed by atoms with Crippen LogP contribution in [0.1, 0.15) is 26.3 Å². The average Bonchev–Trinajstić information content (AvgIpc) is 2.33. The Balaban J connectivity index is 2.25. The van der Waals surface area contributed by atoms with Gasteiger partial charge in [0.1, 0.15) is 17.0 Å². The third kappa shape index (κ3) is 3.65. The number of carbonyl (C=O) groups excluding carboxylic acids is 1. The van der Waals surface area contributed by atoms with Crippen molar-refractivity contribution in [1.29, 1.82) is 0 Å². The van der Waals surface area contributed by atoms with Crippen LogP contribution in [0.5, 0.6) is 5.75 Å². The Labute approximate surface area is 124 Å². The van der Waals surface area contributed by atoms with Crippen LogP contribution >= 0.6 is 0 Å². The number of anilines is 1. The van der Waals surface area contributed by atoms with Crippen LogP contribution in [0.4, 0.5) is 10.5 Å². The smallest absolute Gasteiger partial charge is 0.412 e. The van der Waals surface area contributed by atoms with E-state index in [1.54, 1.807) is 46.1 Å². The molecule has 0 bridgehead atoms. The molecule has 0 aliphatic carbocycles. The Hall–Kier alpha value is -1.79. The van der Waals surface area contributed by atoms with Crippen molar-refractivity contribution >= 4 is 11.8 Å². The van der Waals surface area contributed by atoms with Crippen LogP contribution in [-0.4, -0.2) is 37.0 Å². The number of benzene rings is 1. The summed E-state index contributed by atoms with van der Waals surface area (Å²) in [6.45, 7) is 6.28. The number of carbonyl (C=O) groups is 1. The van der Waals surface area contributed by atoms with E-state index in [1.807, 2.05) is 0 Å². The molecule has 0 unspecified atom stereocenters. The van der Waals surface area contributed by atoms with E-state index in [0.717, 1.165) is 0 Å². The maximum atomic E-state index is 11.9. The normalized spacial score (nSPS) is 16.8. The summed E-state index contributed by atoms with van der Waals surface area (Å²) in [5.41, 5.74) is -0.421. The topological polar surface area (TPSA) is 79.8 Å². The van der Waals surface area contributed by atoms with Crippen LogP contribution in [0.3, 0.4) is 0 Å². The van der Waals surface area contributed by atoms with Crippen molar-refractivity contribution < 1.29 is 19.4 Å². The molecule has 0 aromatic heterocycles. The SMILES string of the molecule is COc1ccc(C2(O)CNC2)c(NC(=O)OC(C)(C)C)c1. The zero-order chi connectivity index (χ0) is 15.7. The summed E-state index contributed by atoms with van der Waals surface area (Å²) < 4.78 is 10.4. The fourth-order valence-electron chi connectivity index (χ4n) is 2.13. The Morgan fingerprint density at radius 2 is 2.05 bits per heavy atom. The lowest BCUT2D eigenvalue weighted by atomic mass is 9.87. The first-order chi connectivity index (χ1) is 9.73. The highest BCUT2D eigenvalue weighted by atomic mass is 16.6. The summed E-state index contributed by atoms with van der Waals surface area (Å²) in [6, 6.07) is 5.19. The number of aliphatic hydroxyl groups is 1. The van der Waals surface area contributed by atoms with Crippen LogP contribution in [0.15, 0.2) is 18.2 Å². The van der Waals surface area contributed by atoms with Gasteiger partial charge in [-0.15, -0.1) is 0 Å². The highest BCUT2D eigenvalue weighted by Gasteiger charge is 2.38. The zero-order valence-electron chi connectivity index (χ0n) is 12.8. The Morgan fingerprint density at radius 3 is 2.52 bits per heavy atom. The second-order valence-corrected chi connectivity index (χ2v) is 6.17. The van der Waals surface area contributed by atoms with E-state index in [2.05, 4.69) is 10.6 Å². The summed E-state index contributed by atoms with van der Waals surface area (Å²) in [5.74, 6) is 0.598. The van der Waals surface area contributed by atoms with E-state index in [-0.39, 0.29) is 0 Å². The van der Waals surface area contributed by atoms with Crippen molar-refractivity contribution in [2.75, 3.05) is 25.5 Å². The fourth-order valence-corrected chi connectivity index (χ4v) is 2.13. The molecule has 1 aliphatic heterocycles. The van der Waals surface area contributed by atoms with Crippen LogP contribution in [0, 0.1) is 0 Å². The quantitative estimate of drug-likeness (QED) is 0.792. The molecular formula is C15H22N2O4. The number of hydrogen-bond donors (Lipinski definition) is 3. The largest absolute Gasteiger partial charge is 0.497 e. The summed E-state index contributed by atoms with van der Waals surface area (Å²) >= 11 is 0. The number of rotatable bonds is 3. The monoisotopic (exact) mass is 294 g/mol. The molecule has 0 atom stereocenters. The predicted octanol–water partition coefficient (Wildman–Crippen LogP) is 1.83. The third-order valence-electron chi connectivity index (χ3n) is 3.20. The molecule has 21 heavy (non-hydrogen) atoms. The maximum Gasteiger partial charge on any atom is 0.412 e. The van der Waals surface area contributed by atoms with Gasteiger partial charge in [0, 0.05) is 24.7 Å². The van der Waals surface area contributed by atoms with Gasteiger partial charge in [-0.2, -0.15) is 0 Å². The number of ether oxygens (including phenoxy) is 2. The Morgan fingerprint density at radius 1 is 1.38 bits per heavy atom. The van der Waals surface area contributed by atoms with Crippen molar-refractivity contribution in [1.82, 2.24) is 5.32 Å². The first-order valence-corrected chi connectivity index (χ1v) is 6.85. The zero-order valence-corrected chi connectivity index (χ0v) is 12.8. The molecule has 1 fully saturated rings. The molecule has 1 amide bonds. The highest BCUT2D eigenvalue weighted by Crippen LogP contribution is 2.34. The molecule has 6 heteroatoms. The minimum Gasteiger partial charge on any atom is -0.497 e. The van der Waals surface area contributed by atoms with Gasteiger partial charge in [0.25, 0.3) is 0 Å². The van der Waals surface area contributed by atoms with E-state index in [9.17, 15) is 9.90 Å². The summed E-state index contributed by atoms with van der Waals surface area (Å²) in [7, 11) is 1.55. The van der Waals surface area contributed by atoms with Gasteiger partial charge < -0.3 is 19.9 Å². The molecular weight excluding hydrogens is 272 g/mol. The molecule has 0 radical (unpaired) electrons. The Kier molecular flexibility index (Phi) is 4.11. The second kappa shape index (κ2) is 5.54. The average molecular weight is 294 g/mol. The molecule has 1 aromatic carbocycles. The number of hydrogen-bond acceptors (Lipinski definition) is 5. The van der Waals surface area contributed by atoms with Crippen molar-refractivity contribution in [2.45, 2.75) is 32.0 Å². The summed E-state index contributed by atoms with van der Waals surface area (Å²) in [5, 5.41) is 16.2. The molecule has 3 N–H and O–H groups in total. The minimum absolute atomic E-state index is 0.447. The van der Waals surface area contributed by atoms with Gasteiger partial charge in [-0.25, -0.2) is 4.79 Å². The summed E-state index contributed by atoms with van der Waals surface area (Å²) in [6.07, 6.45) is -0.562. The number of methoxy groups -OCH3 is 1. The van der Waals surface area contributed by atoms with Gasteiger partial charge in [-0.1, -0.05) is 6.07 Å². The lowest BCUT2D eigenvalue weighted by Gasteiger charge is -2.39. The maximum absolute atomic E-state index is 11.9. The van der Waals surface area contributed by atoms with Gasteiger partial charge in [0.05, 0.1) is 12.8 Å². The molecule has 116 valence electrons. The number of β-amino-alcohol motifs (C(OH)–C–C–N with tert-alkyl or cyclic N) is 1. The van der Waals surface area contributed by atoms with Crippen molar-refractivity contribution in [3.8, 4) is 5.75 Å². The van der Waals surface area contributed by atoms with Crippen molar-refractivity contribution in [3.63, 3.8) is 0 Å². The molecule has 1 aliphatic rings. The number of amides is 1. The highest BCUT2D eigenvalue weighted by molar-refractivity contribution is 5.86. The van der Waals surface area contributed by atoms with Crippen LogP contribution in [0.25, 0.3) is 0 Å². The second-order valence-electron chi connectivity index (χ2n) is 6.17. The van der Waals surface area contributed by atoms with Crippen LogP contribution in [-0.2, 0) is 10.3 Å². The lowest BCUT2D eigenvalue weighted by molar-refractivity contribution is -0.0140.